The van der Waals surface area contributed by atoms with Gasteiger partial charge in [-0.05, 0) is 49.9 Å². The van der Waals surface area contributed by atoms with E-state index in [2.05, 4.69) is 21.0 Å². The van der Waals surface area contributed by atoms with Gasteiger partial charge in [-0.1, -0.05) is 43.1 Å². The summed E-state index contributed by atoms with van der Waals surface area (Å²) < 4.78 is 99.5. The van der Waals surface area contributed by atoms with E-state index in [4.69, 9.17) is 13.8 Å². The van der Waals surface area contributed by atoms with Crippen LogP contribution in [0, 0.1) is 35.0 Å². The summed E-state index contributed by atoms with van der Waals surface area (Å²) in [7, 11) is -5.01. The molecule has 0 saturated carbocycles. The summed E-state index contributed by atoms with van der Waals surface area (Å²) in [6.07, 6.45) is 0.771. The van der Waals surface area contributed by atoms with Gasteiger partial charge >= 0.3 is 13.7 Å². The summed E-state index contributed by atoms with van der Waals surface area (Å²) in [4.78, 5) is 12.8. The van der Waals surface area contributed by atoms with Crippen molar-refractivity contribution in [3.8, 4) is 11.5 Å². The molecule has 36 heavy (non-hydrogen) atoms. The average molecular weight is 602 g/mol. The first kappa shape index (κ1) is 30.1. The van der Waals surface area contributed by atoms with Crippen LogP contribution in [0.4, 0.5) is 22.0 Å². The van der Waals surface area contributed by atoms with Gasteiger partial charge in [-0.25, -0.2) is 17.7 Å². The number of halogens is 6. The van der Waals surface area contributed by atoms with Gasteiger partial charge in [0.05, 0.1) is 6.10 Å². The van der Waals surface area contributed by atoms with Crippen LogP contribution in [-0.4, -0.2) is 18.1 Å². The quantitative estimate of drug-likeness (QED) is 0.0895. The summed E-state index contributed by atoms with van der Waals surface area (Å²) in [6, 6.07) is 4.19. The van der Waals surface area contributed by atoms with Crippen LogP contribution in [0.2, 0.25) is 0 Å². The second-order valence-corrected chi connectivity index (χ2v) is 10.9. The normalized spacial score (nSPS) is 14.8. The molecule has 0 aliphatic heterocycles. The van der Waals surface area contributed by atoms with E-state index in [-0.39, 0.29) is 18.1 Å². The van der Waals surface area contributed by atoms with Crippen LogP contribution in [0.25, 0.3) is 0 Å². The van der Waals surface area contributed by atoms with Gasteiger partial charge in [0.25, 0.3) is 0 Å². The molecule has 0 aromatic heterocycles. The standard InChI is InChI=1S/C23H26BrF5NO5P/c1-5-6-13(4)33-23(31)16(11-12(2)3)30-36(32,34-15-9-7-14(24)8-10-15)35-22-20(28)18(26)17(25)19(27)21(22)29/h7-10,12-13,16H,5-6,11H2,1-4H3,(H,30,32)/t13-,16-,36-/m0/s1. The Morgan fingerprint density at radius 3 is 1.97 bits per heavy atom. The van der Waals surface area contributed by atoms with Gasteiger partial charge in [0.1, 0.15) is 11.8 Å². The van der Waals surface area contributed by atoms with Gasteiger partial charge in [0, 0.05) is 4.47 Å². The number of carbonyl (C=O) groups is 1. The first-order valence-corrected chi connectivity index (χ1v) is 13.4. The van der Waals surface area contributed by atoms with Gasteiger partial charge in [0.2, 0.25) is 34.8 Å². The summed E-state index contributed by atoms with van der Waals surface area (Å²) in [5.41, 5.74) is 0. The zero-order valence-corrected chi connectivity index (χ0v) is 22.4. The first-order chi connectivity index (χ1) is 16.8. The summed E-state index contributed by atoms with van der Waals surface area (Å²) in [6.45, 7) is 7.01. The molecule has 0 unspecified atom stereocenters. The summed E-state index contributed by atoms with van der Waals surface area (Å²) >= 11 is 3.19. The van der Waals surface area contributed by atoms with E-state index < -0.39 is 60.7 Å². The number of ether oxygens (including phenoxy) is 1. The third-order valence-corrected chi connectivity index (χ3v) is 6.77. The SMILES string of the molecule is CCC[C@H](C)OC(=O)[C@H](CC(C)C)N[P@](=O)(Oc1ccc(Br)cc1)Oc1c(F)c(F)c(F)c(F)c1F. The number of rotatable bonds is 12. The van der Waals surface area contributed by atoms with Gasteiger partial charge in [-0.15, -0.1) is 0 Å². The van der Waals surface area contributed by atoms with E-state index in [1.165, 1.54) is 24.3 Å². The Labute approximate surface area is 214 Å². The second-order valence-electron chi connectivity index (χ2n) is 8.38. The number of hydrogen-bond acceptors (Lipinski definition) is 5. The Kier molecular flexibility index (Phi) is 10.7. The molecule has 2 rings (SSSR count). The second kappa shape index (κ2) is 12.9. The smallest absolute Gasteiger partial charge is 0.462 e. The molecule has 0 heterocycles. The molecule has 0 spiro atoms. The molecular formula is C23H26BrF5NO5P. The lowest BCUT2D eigenvalue weighted by molar-refractivity contribution is -0.151. The minimum atomic E-state index is -5.01. The van der Waals surface area contributed by atoms with Crippen molar-refractivity contribution < 1.29 is 45.1 Å². The molecule has 0 aliphatic rings. The molecule has 0 bridgehead atoms. The highest BCUT2D eigenvalue weighted by Gasteiger charge is 2.40. The molecule has 200 valence electrons. The Hall–Kier alpha value is -2.17. The number of hydrogen-bond donors (Lipinski definition) is 1. The van der Waals surface area contributed by atoms with Crippen molar-refractivity contribution in [3.05, 3.63) is 57.8 Å². The highest BCUT2D eigenvalue weighted by molar-refractivity contribution is 9.10. The third-order valence-electron chi connectivity index (χ3n) is 4.74. The fourth-order valence-corrected chi connectivity index (χ4v) is 4.90. The maximum absolute atomic E-state index is 14.3. The van der Waals surface area contributed by atoms with E-state index in [0.29, 0.717) is 17.3 Å². The fraction of sp³-hybridized carbons (Fsp3) is 0.435. The zero-order chi connectivity index (χ0) is 27.2. The third kappa shape index (κ3) is 7.91. The van der Waals surface area contributed by atoms with Crippen LogP contribution >= 0.6 is 23.7 Å². The molecule has 0 aliphatic carbocycles. The first-order valence-electron chi connectivity index (χ1n) is 11.0. The van der Waals surface area contributed by atoms with E-state index >= 15 is 0 Å². The molecule has 0 fully saturated rings. The average Bonchev–Trinajstić information content (AvgIpc) is 2.80. The molecule has 6 nitrogen and oxygen atoms in total. The summed E-state index contributed by atoms with van der Waals surface area (Å²) in [5.74, 6) is -14.7. The van der Waals surface area contributed by atoms with Crippen molar-refractivity contribution in [3.63, 3.8) is 0 Å². The lowest BCUT2D eigenvalue weighted by Gasteiger charge is -2.27. The predicted molar refractivity (Wildman–Crippen MR) is 126 cm³/mol. The fourth-order valence-electron chi connectivity index (χ4n) is 3.10. The zero-order valence-electron chi connectivity index (χ0n) is 19.9. The molecule has 0 saturated heterocycles. The van der Waals surface area contributed by atoms with Crippen LogP contribution in [0.5, 0.6) is 11.5 Å². The van der Waals surface area contributed by atoms with Crippen LogP contribution in [0.3, 0.4) is 0 Å². The molecule has 2 aromatic rings. The Morgan fingerprint density at radius 2 is 1.47 bits per heavy atom. The maximum Gasteiger partial charge on any atom is 0.513 e. The minimum Gasteiger partial charge on any atom is -0.462 e. The van der Waals surface area contributed by atoms with Crippen LogP contribution in [0.15, 0.2) is 28.7 Å². The predicted octanol–water partition coefficient (Wildman–Crippen LogP) is 7.45. The molecule has 0 radical (unpaired) electrons. The van der Waals surface area contributed by atoms with Crippen molar-refractivity contribution >= 4 is 29.6 Å². The Bertz CT molecular complexity index is 1090. The van der Waals surface area contributed by atoms with Crippen LogP contribution in [-0.2, 0) is 14.1 Å². The monoisotopic (exact) mass is 601 g/mol. The van der Waals surface area contributed by atoms with E-state index in [0.717, 1.165) is 0 Å². The molecule has 13 heteroatoms. The largest absolute Gasteiger partial charge is 0.513 e. The van der Waals surface area contributed by atoms with Gasteiger partial charge in [-0.3, -0.25) is 4.79 Å². The number of carbonyl (C=O) groups excluding carboxylic acids is 1. The van der Waals surface area contributed by atoms with Crippen molar-refractivity contribution in [1.29, 1.82) is 0 Å². The van der Waals surface area contributed by atoms with Gasteiger partial charge in [-0.2, -0.15) is 13.9 Å². The number of benzene rings is 2. The molecule has 2 aromatic carbocycles. The van der Waals surface area contributed by atoms with E-state index in [9.17, 15) is 31.3 Å². The Morgan fingerprint density at radius 1 is 0.944 bits per heavy atom. The van der Waals surface area contributed by atoms with E-state index in [1.54, 1.807) is 20.8 Å². The lowest BCUT2D eigenvalue weighted by Crippen LogP contribution is -2.40. The highest BCUT2D eigenvalue weighted by atomic mass is 79.9. The summed E-state index contributed by atoms with van der Waals surface area (Å²) in [5, 5.41) is 2.28. The minimum absolute atomic E-state index is 0.0197. The van der Waals surface area contributed by atoms with Crippen molar-refractivity contribution in [2.45, 2.75) is 59.1 Å². The molecule has 1 N–H and O–H groups in total. The Balaban J connectivity index is 2.52. The van der Waals surface area contributed by atoms with Crippen molar-refractivity contribution in [1.82, 2.24) is 5.09 Å². The van der Waals surface area contributed by atoms with Crippen LogP contribution < -0.4 is 14.1 Å². The maximum atomic E-state index is 14.3. The number of nitrogens with one attached hydrogen (secondary N) is 1. The van der Waals surface area contributed by atoms with Crippen molar-refractivity contribution in [2.75, 3.05) is 0 Å². The topological polar surface area (TPSA) is 73.9 Å². The van der Waals surface area contributed by atoms with Gasteiger partial charge in [0.15, 0.2) is 0 Å². The van der Waals surface area contributed by atoms with E-state index in [1.807, 2.05) is 6.92 Å². The molecular weight excluding hydrogens is 576 g/mol. The highest BCUT2D eigenvalue weighted by Crippen LogP contribution is 2.48. The van der Waals surface area contributed by atoms with Gasteiger partial charge < -0.3 is 13.8 Å². The van der Waals surface area contributed by atoms with Crippen LogP contribution in [0.1, 0.15) is 47.0 Å². The lowest BCUT2D eigenvalue weighted by atomic mass is 10.0. The molecule has 0 amide bonds. The van der Waals surface area contributed by atoms with Crippen molar-refractivity contribution in [2.24, 2.45) is 5.92 Å². The number of esters is 1. The molecule has 3 atom stereocenters.